The van der Waals surface area contributed by atoms with E-state index in [0.29, 0.717) is 20.5 Å². The molecule has 9 heteroatoms. The number of fused-ring (bicyclic) bond motifs is 1. The van der Waals surface area contributed by atoms with Gasteiger partial charge >= 0.3 is 0 Å². The Morgan fingerprint density at radius 2 is 2.00 bits per heavy atom. The molecule has 0 bridgehead atoms. The van der Waals surface area contributed by atoms with Crippen molar-refractivity contribution < 1.29 is 4.79 Å². The Bertz CT molecular complexity index is 1270. The van der Waals surface area contributed by atoms with Crippen LogP contribution in [0, 0.1) is 13.8 Å². The fourth-order valence-electron chi connectivity index (χ4n) is 2.75. The molecule has 4 rings (SSSR count). The molecule has 0 saturated carbocycles. The van der Waals surface area contributed by atoms with Crippen molar-refractivity contribution in [2.45, 2.75) is 19.0 Å². The van der Waals surface area contributed by atoms with Crippen LogP contribution in [-0.2, 0) is 11.8 Å². The summed E-state index contributed by atoms with van der Waals surface area (Å²) in [6.45, 7) is 4.14. The summed E-state index contributed by atoms with van der Waals surface area (Å²) in [5.74, 6) is -0.0373. The van der Waals surface area contributed by atoms with Crippen molar-refractivity contribution in [2.24, 2.45) is 7.05 Å². The first-order valence-electron chi connectivity index (χ1n) is 8.82. The molecule has 0 aliphatic heterocycles. The Hall–Kier alpha value is -2.49. The number of aryl methyl sites for hydroxylation is 2. The maximum atomic E-state index is 12.4. The molecule has 1 N–H and O–H groups in total. The summed E-state index contributed by atoms with van der Waals surface area (Å²) < 4.78 is 2.11. The number of thioether (sulfide) groups is 1. The Morgan fingerprint density at radius 1 is 1.17 bits per heavy atom. The molecule has 0 saturated heterocycles. The molecule has 3 heterocycles. The number of thiophene rings is 1. The van der Waals surface area contributed by atoms with E-state index >= 15 is 0 Å². The summed E-state index contributed by atoms with van der Waals surface area (Å²) in [4.78, 5) is 33.7. The van der Waals surface area contributed by atoms with Crippen LogP contribution < -0.4 is 10.9 Å². The molecule has 0 aliphatic carbocycles. The van der Waals surface area contributed by atoms with Crippen molar-refractivity contribution >= 4 is 55.7 Å². The number of nitrogens with zero attached hydrogens (tertiary/aromatic N) is 3. The highest BCUT2D eigenvalue weighted by atomic mass is 32.2. The van der Waals surface area contributed by atoms with Crippen LogP contribution in [0.25, 0.3) is 21.5 Å². The Labute approximate surface area is 179 Å². The van der Waals surface area contributed by atoms with E-state index < -0.39 is 0 Å². The third kappa shape index (κ3) is 4.12. The molecule has 6 nitrogen and oxygen atoms in total. The minimum absolute atomic E-state index is 0.0918. The second-order valence-electron chi connectivity index (χ2n) is 6.57. The monoisotopic (exact) mass is 442 g/mol. The summed E-state index contributed by atoms with van der Waals surface area (Å²) >= 11 is 4.00. The molecule has 148 valence electrons. The highest BCUT2D eigenvalue weighted by Gasteiger charge is 2.13. The van der Waals surface area contributed by atoms with E-state index in [9.17, 15) is 9.59 Å². The van der Waals surface area contributed by atoms with Gasteiger partial charge in [0.15, 0.2) is 10.3 Å². The quantitative estimate of drug-likeness (QED) is 0.365. The van der Waals surface area contributed by atoms with E-state index in [1.54, 1.807) is 7.05 Å². The second kappa shape index (κ2) is 8.10. The van der Waals surface area contributed by atoms with Gasteiger partial charge < -0.3 is 5.32 Å². The number of hydrogen-bond donors (Lipinski definition) is 1. The fourth-order valence-corrected chi connectivity index (χ4v) is 5.06. The predicted octanol–water partition coefficient (Wildman–Crippen LogP) is 4.47. The second-order valence-corrected chi connectivity index (χ2v) is 9.28. The SMILES string of the molecule is Cc1ccc(-c2csc(NC(=O)CSc3nc4ccsc4c(=O)n3C)n2)cc1C. The largest absolute Gasteiger partial charge is 0.301 e. The van der Waals surface area contributed by atoms with Crippen LogP contribution in [0.15, 0.2) is 45.0 Å². The number of carbonyl (C=O) groups is 1. The average molecular weight is 443 g/mol. The van der Waals surface area contributed by atoms with E-state index in [4.69, 9.17) is 0 Å². The van der Waals surface area contributed by atoms with Crippen molar-refractivity contribution in [1.29, 1.82) is 0 Å². The van der Waals surface area contributed by atoms with Gasteiger partial charge in [0, 0.05) is 18.0 Å². The molecule has 4 aromatic rings. The molecule has 0 radical (unpaired) electrons. The first-order valence-corrected chi connectivity index (χ1v) is 11.6. The molecule has 1 amide bonds. The topological polar surface area (TPSA) is 76.9 Å². The molecule has 0 fully saturated rings. The van der Waals surface area contributed by atoms with Crippen LogP contribution in [0.5, 0.6) is 0 Å². The van der Waals surface area contributed by atoms with Crippen molar-refractivity contribution in [3.05, 3.63) is 56.5 Å². The average Bonchev–Trinajstić information content (AvgIpc) is 3.35. The normalized spacial score (nSPS) is 11.1. The number of amides is 1. The van der Waals surface area contributed by atoms with Gasteiger partial charge in [-0.25, -0.2) is 9.97 Å². The zero-order chi connectivity index (χ0) is 20.5. The molecule has 3 aromatic heterocycles. The van der Waals surface area contributed by atoms with Crippen LogP contribution in [0.1, 0.15) is 11.1 Å². The molecule has 0 spiro atoms. The van der Waals surface area contributed by atoms with Gasteiger partial charge in [0.05, 0.1) is 17.0 Å². The molecule has 0 unspecified atom stereocenters. The lowest BCUT2D eigenvalue weighted by molar-refractivity contribution is -0.113. The van der Waals surface area contributed by atoms with Gasteiger partial charge in [-0.15, -0.1) is 22.7 Å². The molecule has 0 atom stereocenters. The van der Waals surface area contributed by atoms with Gasteiger partial charge in [-0.1, -0.05) is 23.9 Å². The first kappa shape index (κ1) is 19.8. The summed E-state index contributed by atoms with van der Waals surface area (Å²) in [5, 5.41) is 7.68. The van der Waals surface area contributed by atoms with E-state index in [-0.39, 0.29) is 17.2 Å². The minimum Gasteiger partial charge on any atom is -0.301 e. The summed E-state index contributed by atoms with van der Waals surface area (Å²) in [6.07, 6.45) is 0. The van der Waals surface area contributed by atoms with Crippen LogP contribution >= 0.6 is 34.4 Å². The van der Waals surface area contributed by atoms with Gasteiger partial charge in [0.1, 0.15) is 4.70 Å². The van der Waals surface area contributed by atoms with Gasteiger partial charge in [-0.3, -0.25) is 14.2 Å². The maximum Gasteiger partial charge on any atom is 0.271 e. The highest BCUT2D eigenvalue weighted by molar-refractivity contribution is 7.99. The lowest BCUT2D eigenvalue weighted by atomic mass is 10.1. The van der Waals surface area contributed by atoms with E-state index in [2.05, 4.69) is 41.3 Å². The Balaban J connectivity index is 1.43. The van der Waals surface area contributed by atoms with Crippen molar-refractivity contribution in [2.75, 3.05) is 11.1 Å². The van der Waals surface area contributed by atoms with Crippen molar-refractivity contribution in [3.63, 3.8) is 0 Å². The van der Waals surface area contributed by atoms with Crippen LogP contribution in [-0.4, -0.2) is 26.2 Å². The maximum absolute atomic E-state index is 12.4. The van der Waals surface area contributed by atoms with Gasteiger partial charge in [0.2, 0.25) is 5.91 Å². The van der Waals surface area contributed by atoms with Crippen molar-refractivity contribution in [3.8, 4) is 11.3 Å². The number of aromatic nitrogens is 3. The lowest BCUT2D eigenvalue weighted by Crippen LogP contribution is -2.20. The van der Waals surface area contributed by atoms with Crippen LogP contribution in [0.2, 0.25) is 0 Å². The third-order valence-corrected chi connectivity index (χ3v) is 7.21. The number of benzene rings is 1. The number of nitrogens with one attached hydrogen (secondary N) is 1. The van der Waals surface area contributed by atoms with Gasteiger partial charge in [-0.2, -0.15) is 0 Å². The highest BCUT2D eigenvalue weighted by Crippen LogP contribution is 2.27. The van der Waals surface area contributed by atoms with E-state index in [1.807, 2.05) is 22.9 Å². The number of carbonyl (C=O) groups excluding carboxylic acids is 1. The van der Waals surface area contributed by atoms with E-state index in [0.717, 1.165) is 11.3 Å². The van der Waals surface area contributed by atoms with E-state index in [1.165, 1.54) is 50.1 Å². The molecule has 0 aliphatic rings. The first-order chi connectivity index (χ1) is 13.9. The number of hydrogen-bond acceptors (Lipinski definition) is 7. The van der Waals surface area contributed by atoms with Crippen LogP contribution in [0.4, 0.5) is 5.13 Å². The molecular formula is C20H18N4O2S3. The smallest absolute Gasteiger partial charge is 0.271 e. The lowest BCUT2D eigenvalue weighted by Gasteiger charge is -2.06. The third-order valence-electron chi connectivity index (χ3n) is 4.53. The minimum atomic E-state index is -0.185. The summed E-state index contributed by atoms with van der Waals surface area (Å²) in [5.41, 5.74) is 4.89. The summed E-state index contributed by atoms with van der Waals surface area (Å²) in [7, 11) is 1.67. The zero-order valence-electron chi connectivity index (χ0n) is 16.1. The fraction of sp³-hybridized carbons (Fsp3) is 0.200. The number of anilines is 1. The molecule has 1 aromatic carbocycles. The number of rotatable bonds is 5. The predicted molar refractivity (Wildman–Crippen MR) is 121 cm³/mol. The standard InChI is InChI=1S/C20H18N4O2S3/c1-11-4-5-13(8-12(11)2)15-9-28-19(21-15)23-16(25)10-29-20-22-14-6-7-27-17(14)18(26)24(20)3/h4-9H,10H2,1-3H3,(H,21,23,25). The van der Waals surface area contributed by atoms with Gasteiger partial charge in [-0.05, 0) is 42.5 Å². The number of thiazole rings is 1. The molecule has 29 heavy (non-hydrogen) atoms. The van der Waals surface area contributed by atoms with Crippen LogP contribution in [0.3, 0.4) is 0 Å². The molecular weight excluding hydrogens is 424 g/mol. The van der Waals surface area contributed by atoms with Crippen molar-refractivity contribution in [1.82, 2.24) is 14.5 Å². The zero-order valence-corrected chi connectivity index (χ0v) is 18.5. The Kier molecular flexibility index (Phi) is 5.53. The Morgan fingerprint density at radius 3 is 2.79 bits per heavy atom. The summed E-state index contributed by atoms with van der Waals surface area (Å²) in [6, 6.07) is 8.01. The van der Waals surface area contributed by atoms with Gasteiger partial charge in [0.25, 0.3) is 5.56 Å².